The fourth-order valence-electron chi connectivity index (χ4n) is 4.41. The summed E-state index contributed by atoms with van der Waals surface area (Å²) in [5.41, 5.74) is 1.90. The van der Waals surface area contributed by atoms with E-state index in [0.717, 1.165) is 39.6 Å². The van der Waals surface area contributed by atoms with E-state index >= 15 is 0 Å². The fraction of sp³-hybridized carbons (Fsp3) is 0.429. The maximum absolute atomic E-state index is 13.1. The number of aromatic nitrogens is 2. The monoisotopic (exact) mass is 444 g/mol. The summed E-state index contributed by atoms with van der Waals surface area (Å²) in [5.74, 6) is 0.594. The number of thiophene rings is 1. The molecule has 0 N–H and O–H groups in total. The maximum atomic E-state index is 13.1. The average Bonchev–Trinajstić information content (AvgIpc) is 3.43. The Kier molecular flexibility index (Phi) is 4.91. The Bertz CT molecular complexity index is 1190. The number of benzene rings is 1. The van der Waals surface area contributed by atoms with Crippen LogP contribution in [0, 0.1) is 6.92 Å². The largest absolute Gasteiger partial charge is 0.335 e. The van der Waals surface area contributed by atoms with Crippen molar-refractivity contribution in [1.82, 2.24) is 19.6 Å². The van der Waals surface area contributed by atoms with Crippen LogP contribution in [0.1, 0.15) is 21.8 Å². The van der Waals surface area contributed by atoms with Gasteiger partial charge in [0.1, 0.15) is 4.83 Å². The van der Waals surface area contributed by atoms with Crippen LogP contribution in [0.2, 0.25) is 0 Å². The van der Waals surface area contributed by atoms with Gasteiger partial charge in [0.05, 0.1) is 27.8 Å². The Balaban J connectivity index is 1.32. The van der Waals surface area contributed by atoms with Crippen LogP contribution in [-0.2, 0) is 9.84 Å². The van der Waals surface area contributed by atoms with Crippen molar-refractivity contribution in [3.05, 3.63) is 47.0 Å². The number of rotatable bonds is 3. The molecule has 1 unspecified atom stereocenters. The third-order valence-corrected chi connectivity index (χ3v) is 8.93. The Morgan fingerprint density at radius 1 is 1.13 bits per heavy atom. The van der Waals surface area contributed by atoms with Crippen LogP contribution in [0.4, 0.5) is 0 Å². The van der Waals surface area contributed by atoms with Crippen LogP contribution >= 0.6 is 11.3 Å². The van der Waals surface area contributed by atoms with Gasteiger partial charge < -0.3 is 4.90 Å². The number of hydrogen-bond donors (Lipinski definition) is 0. The molecule has 0 spiro atoms. The molecule has 4 heterocycles. The second-order valence-corrected chi connectivity index (χ2v) is 11.3. The minimum atomic E-state index is -2.89. The van der Waals surface area contributed by atoms with Crippen molar-refractivity contribution in [3.8, 4) is 5.69 Å². The molecule has 0 saturated carbocycles. The van der Waals surface area contributed by atoms with Crippen LogP contribution in [0.15, 0.2) is 36.4 Å². The molecule has 5 rings (SSSR count). The van der Waals surface area contributed by atoms with Crippen LogP contribution in [0.5, 0.6) is 0 Å². The Morgan fingerprint density at radius 2 is 1.87 bits per heavy atom. The highest BCUT2D eigenvalue weighted by atomic mass is 32.2. The number of fused-ring (bicyclic) bond motifs is 1. The van der Waals surface area contributed by atoms with Crippen LogP contribution < -0.4 is 0 Å². The smallest absolute Gasteiger partial charge is 0.264 e. The summed E-state index contributed by atoms with van der Waals surface area (Å²) in [7, 11) is -2.89. The van der Waals surface area contributed by atoms with Crippen molar-refractivity contribution in [1.29, 1.82) is 0 Å². The van der Waals surface area contributed by atoms with E-state index in [1.807, 2.05) is 52.9 Å². The molecule has 2 aliphatic heterocycles. The zero-order valence-electron chi connectivity index (χ0n) is 16.8. The molecule has 1 aromatic carbocycles. The second kappa shape index (κ2) is 7.47. The van der Waals surface area contributed by atoms with Gasteiger partial charge in [-0.05, 0) is 31.5 Å². The van der Waals surface area contributed by atoms with Crippen LogP contribution in [0.25, 0.3) is 15.9 Å². The van der Waals surface area contributed by atoms with Crippen molar-refractivity contribution in [2.45, 2.75) is 19.4 Å². The summed E-state index contributed by atoms with van der Waals surface area (Å²) >= 11 is 1.48. The van der Waals surface area contributed by atoms with Gasteiger partial charge in [0.25, 0.3) is 5.91 Å². The van der Waals surface area contributed by atoms with Gasteiger partial charge >= 0.3 is 0 Å². The minimum Gasteiger partial charge on any atom is -0.335 e. The molecular weight excluding hydrogens is 420 g/mol. The first-order valence-electron chi connectivity index (χ1n) is 10.2. The van der Waals surface area contributed by atoms with Gasteiger partial charge in [0, 0.05) is 37.6 Å². The molecule has 2 fully saturated rings. The van der Waals surface area contributed by atoms with Crippen molar-refractivity contribution in [2.75, 3.05) is 37.7 Å². The number of nitrogens with zero attached hydrogens (tertiary/aromatic N) is 4. The second-order valence-electron chi connectivity index (χ2n) is 8.05. The lowest BCUT2D eigenvalue weighted by Crippen LogP contribution is -2.52. The summed E-state index contributed by atoms with van der Waals surface area (Å²) in [6.45, 7) is 4.69. The molecule has 1 amide bonds. The average molecular weight is 445 g/mol. The molecule has 0 radical (unpaired) electrons. The first-order valence-corrected chi connectivity index (χ1v) is 12.8. The molecule has 1 atom stereocenters. The lowest BCUT2D eigenvalue weighted by atomic mass is 10.2. The standard InChI is InChI=1S/C21H24N4O3S2/c1-15-18-13-19(29-21(18)25(22-15)16-5-3-2-4-6-16)20(26)24-10-8-23(9-11-24)17-7-12-30(27,28)14-17/h2-6,13,17H,7-12,14H2,1H3. The van der Waals surface area contributed by atoms with Gasteiger partial charge in [-0.15, -0.1) is 11.3 Å². The number of amides is 1. The molecule has 2 aliphatic rings. The SMILES string of the molecule is Cc1nn(-c2ccccc2)c2sc(C(=O)N3CCN(C4CCS(=O)(=O)C4)CC3)cc12. The predicted molar refractivity (Wildman–Crippen MR) is 118 cm³/mol. The van der Waals surface area contributed by atoms with E-state index in [9.17, 15) is 13.2 Å². The maximum Gasteiger partial charge on any atom is 0.264 e. The van der Waals surface area contributed by atoms with E-state index < -0.39 is 9.84 Å². The molecule has 158 valence electrons. The normalized spacial score (nSPS) is 22.0. The first-order chi connectivity index (χ1) is 14.4. The van der Waals surface area contributed by atoms with Crippen molar-refractivity contribution in [3.63, 3.8) is 0 Å². The number of carbonyl (C=O) groups is 1. The van der Waals surface area contributed by atoms with Gasteiger partial charge in [-0.3, -0.25) is 9.69 Å². The number of hydrogen-bond acceptors (Lipinski definition) is 6. The predicted octanol–water partition coefficient (Wildman–Crippen LogP) is 2.34. The number of piperazine rings is 1. The van der Waals surface area contributed by atoms with E-state index in [2.05, 4.69) is 10.00 Å². The highest BCUT2D eigenvalue weighted by molar-refractivity contribution is 7.91. The molecule has 2 aromatic heterocycles. The number of para-hydroxylation sites is 1. The summed E-state index contributed by atoms with van der Waals surface area (Å²) in [4.78, 5) is 19.0. The van der Waals surface area contributed by atoms with Gasteiger partial charge in [-0.1, -0.05) is 18.2 Å². The summed E-state index contributed by atoms with van der Waals surface area (Å²) in [6, 6.07) is 12.0. The van der Waals surface area contributed by atoms with Crippen molar-refractivity contribution in [2.24, 2.45) is 0 Å². The zero-order chi connectivity index (χ0) is 20.9. The Hall–Kier alpha value is -2.23. The van der Waals surface area contributed by atoms with E-state index in [4.69, 9.17) is 0 Å². The van der Waals surface area contributed by atoms with E-state index in [-0.39, 0.29) is 23.5 Å². The fourth-order valence-corrected chi connectivity index (χ4v) is 7.32. The number of carbonyl (C=O) groups excluding carboxylic acids is 1. The lowest BCUT2D eigenvalue weighted by molar-refractivity contribution is 0.0592. The lowest BCUT2D eigenvalue weighted by Gasteiger charge is -2.37. The molecule has 7 nitrogen and oxygen atoms in total. The quantitative estimate of drug-likeness (QED) is 0.620. The van der Waals surface area contributed by atoms with Crippen LogP contribution in [0.3, 0.4) is 0 Å². The van der Waals surface area contributed by atoms with Gasteiger partial charge in [-0.25, -0.2) is 13.1 Å². The van der Waals surface area contributed by atoms with Gasteiger partial charge in [-0.2, -0.15) is 5.10 Å². The summed E-state index contributed by atoms with van der Waals surface area (Å²) in [5, 5.41) is 5.66. The molecule has 3 aromatic rings. The van der Waals surface area contributed by atoms with Gasteiger partial charge in [0.15, 0.2) is 9.84 Å². The Morgan fingerprint density at radius 3 is 2.53 bits per heavy atom. The molecule has 9 heteroatoms. The third-order valence-electron chi connectivity index (χ3n) is 6.08. The van der Waals surface area contributed by atoms with Gasteiger partial charge in [0.2, 0.25) is 0 Å². The highest BCUT2D eigenvalue weighted by Crippen LogP contribution is 2.31. The minimum absolute atomic E-state index is 0.0499. The molecular formula is C21H24N4O3S2. The van der Waals surface area contributed by atoms with E-state index in [0.29, 0.717) is 19.5 Å². The molecule has 0 aliphatic carbocycles. The first kappa shape index (κ1) is 19.7. The van der Waals surface area contributed by atoms with E-state index in [1.54, 1.807) is 0 Å². The van der Waals surface area contributed by atoms with E-state index in [1.165, 1.54) is 11.3 Å². The van der Waals surface area contributed by atoms with Crippen molar-refractivity contribution < 1.29 is 13.2 Å². The number of sulfone groups is 1. The molecule has 0 bridgehead atoms. The van der Waals surface area contributed by atoms with Crippen LogP contribution in [-0.4, -0.2) is 77.6 Å². The zero-order valence-corrected chi connectivity index (χ0v) is 18.5. The topological polar surface area (TPSA) is 75.5 Å². The molecule has 30 heavy (non-hydrogen) atoms. The molecule has 2 saturated heterocycles. The Labute approximate surface area is 179 Å². The van der Waals surface area contributed by atoms with Crippen molar-refractivity contribution >= 4 is 37.3 Å². The summed E-state index contributed by atoms with van der Waals surface area (Å²) in [6.07, 6.45) is 0.710. The third kappa shape index (κ3) is 3.55. The highest BCUT2D eigenvalue weighted by Gasteiger charge is 2.34. The number of aryl methyl sites for hydroxylation is 1. The summed E-state index contributed by atoms with van der Waals surface area (Å²) < 4.78 is 25.4.